The van der Waals surface area contributed by atoms with E-state index in [2.05, 4.69) is 91.0 Å². The second-order valence-electron chi connectivity index (χ2n) is 4.67. The molecule has 0 heterocycles. The van der Waals surface area contributed by atoms with Gasteiger partial charge in [0, 0.05) is 20.1 Å². The average molecular weight is 429 g/mol. The number of hydrogen-bond donors (Lipinski definition) is 2. The smallest absolute Gasteiger partial charge is 0.0339 e. The summed E-state index contributed by atoms with van der Waals surface area (Å²) in [6, 6.07) is 32.0. The molecule has 176 valence electrons. The molecule has 0 aliphatic heterocycles. The molecule has 3 rings (SSSR count). The monoisotopic (exact) mass is 428 g/mol. The molecule has 0 spiro atoms. The Morgan fingerprint density at radius 2 is 0.516 bits per heavy atom. The lowest BCUT2D eigenvalue weighted by Gasteiger charge is -2.18. The molecule has 0 aliphatic rings. The molecule has 0 atom stereocenters. The van der Waals surface area contributed by atoms with Crippen molar-refractivity contribution in [1.29, 1.82) is 0 Å². The summed E-state index contributed by atoms with van der Waals surface area (Å²) in [5.41, 5.74) is 4.00. The topological polar surface area (TPSA) is 40.5 Å². The molecule has 3 aromatic rings. The van der Waals surface area contributed by atoms with Crippen molar-refractivity contribution in [3.8, 4) is 0 Å². The van der Waals surface area contributed by atoms with Crippen molar-refractivity contribution in [2.75, 3.05) is 14.2 Å². The van der Waals surface area contributed by atoms with Gasteiger partial charge in [-0.15, -0.1) is 0 Å². The van der Waals surface area contributed by atoms with Crippen LogP contribution in [-0.4, -0.2) is 24.4 Å². The molecular weight excluding hydrogens is 380 g/mol. The predicted octanol–water partition coefficient (Wildman–Crippen LogP) is 8.19. The van der Waals surface area contributed by atoms with Crippen LogP contribution in [0.25, 0.3) is 0 Å². The largest absolute Gasteiger partial charge is 0.400 e. The molecule has 0 aliphatic carbocycles. The first-order valence-electron chi connectivity index (χ1n) is 11.5. The van der Waals surface area contributed by atoms with Gasteiger partial charge in [0.25, 0.3) is 0 Å². The van der Waals surface area contributed by atoms with E-state index in [9.17, 15) is 0 Å². The molecule has 2 heteroatoms. The lowest BCUT2D eigenvalue weighted by atomic mass is 9.85. The van der Waals surface area contributed by atoms with Gasteiger partial charge in [-0.2, -0.15) is 0 Å². The molecular formula is C29H48O2. The normalized spacial score (nSPS) is 7.65. The third-order valence-corrected chi connectivity index (χ3v) is 3.40. The Kier molecular flexibility index (Phi) is 37.4. The van der Waals surface area contributed by atoms with E-state index in [1.807, 2.05) is 55.4 Å². The Morgan fingerprint density at radius 1 is 0.355 bits per heavy atom. The fraction of sp³-hybridized carbons (Fsp3) is 0.379. The van der Waals surface area contributed by atoms with Crippen molar-refractivity contribution in [3.05, 3.63) is 108 Å². The predicted molar refractivity (Wildman–Crippen MR) is 142 cm³/mol. The van der Waals surface area contributed by atoms with Crippen molar-refractivity contribution in [3.63, 3.8) is 0 Å². The van der Waals surface area contributed by atoms with E-state index in [-0.39, 0.29) is 0 Å². The highest BCUT2D eigenvalue weighted by Gasteiger charge is 2.15. The van der Waals surface area contributed by atoms with Crippen molar-refractivity contribution in [2.24, 2.45) is 0 Å². The van der Waals surface area contributed by atoms with E-state index in [1.54, 1.807) is 0 Å². The van der Waals surface area contributed by atoms with Gasteiger partial charge in [-0.3, -0.25) is 0 Å². The van der Waals surface area contributed by atoms with Crippen molar-refractivity contribution in [2.45, 2.75) is 61.3 Å². The first-order chi connectivity index (χ1) is 15.4. The van der Waals surface area contributed by atoms with Crippen LogP contribution in [0.2, 0.25) is 0 Å². The molecule has 0 radical (unpaired) electrons. The first-order valence-corrected chi connectivity index (χ1v) is 11.5. The maximum Gasteiger partial charge on any atom is 0.0339 e. The fourth-order valence-corrected chi connectivity index (χ4v) is 2.51. The molecule has 0 bridgehead atoms. The first kappa shape index (κ1) is 36.0. The second kappa shape index (κ2) is 32.3. The molecule has 0 unspecified atom stereocenters. The van der Waals surface area contributed by atoms with Gasteiger partial charge in [0.2, 0.25) is 0 Å². The highest BCUT2D eigenvalue weighted by atomic mass is 16.2. The summed E-state index contributed by atoms with van der Waals surface area (Å²) in [6.07, 6.45) is 0. The Bertz CT molecular complexity index is 529. The molecule has 31 heavy (non-hydrogen) atoms. The zero-order valence-electron chi connectivity index (χ0n) is 21.6. The van der Waals surface area contributed by atoms with E-state index in [0.717, 1.165) is 14.2 Å². The summed E-state index contributed by atoms with van der Waals surface area (Å²) >= 11 is 0. The van der Waals surface area contributed by atoms with Crippen LogP contribution in [0.15, 0.2) is 91.0 Å². The van der Waals surface area contributed by atoms with Crippen LogP contribution < -0.4 is 0 Å². The second-order valence-corrected chi connectivity index (χ2v) is 4.67. The van der Waals surface area contributed by atoms with Crippen LogP contribution in [0.5, 0.6) is 0 Å². The number of benzene rings is 3. The van der Waals surface area contributed by atoms with E-state index in [4.69, 9.17) is 10.2 Å². The minimum absolute atomic E-state index is 0.309. The van der Waals surface area contributed by atoms with Crippen LogP contribution in [0.3, 0.4) is 0 Å². The lowest BCUT2D eigenvalue weighted by Crippen LogP contribution is -2.02. The van der Waals surface area contributed by atoms with Gasteiger partial charge in [0.05, 0.1) is 0 Å². The van der Waals surface area contributed by atoms with Gasteiger partial charge in [0.15, 0.2) is 0 Å². The minimum Gasteiger partial charge on any atom is -0.400 e. The minimum atomic E-state index is 0.309. The zero-order valence-corrected chi connectivity index (χ0v) is 21.6. The van der Waals surface area contributed by atoms with Crippen molar-refractivity contribution >= 4 is 0 Å². The highest BCUT2D eigenvalue weighted by molar-refractivity contribution is 5.42. The Morgan fingerprint density at radius 3 is 0.677 bits per heavy atom. The van der Waals surface area contributed by atoms with Crippen LogP contribution >= 0.6 is 0 Å². The summed E-state index contributed by atoms with van der Waals surface area (Å²) in [5, 5.41) is 14.0. The summed E-state index contributed by atoms with van der Waals surface area (Å²) in [4.78, 5) is 0. The maximum atomic E-state index is 7.00. The molecule has 0 amide bonds. The van der Waals surface area contributed by atoms with Crippen molar-refractivity contribution < 1.29 is 10.2 Å². The number of rotatable bonds is 3. The van der Waals surface area contributed by atoms with Crippen molar-refractivity contribution in [1.82, 2.24) is 0 Å². The molecule has 0 fully saturated rings. The SMILES string of the molecule is CC.CC.CC.CC.CO.CO.c1ccc(C(c2ccccc2)c2ccccc2)cc1. The van der Waals surface area contributed by atoms with E-state index < -0.39 is 0 Å². The standard InChI is InChI=1S/C19H16.4C2H6.2CH4O/c1-4-10-16(11-5-1)19(17-12-6-2-7-13-17)18-14-8-3-9-15-18;6*1-2/h1-15,19H;4*1-2H3;2*2H,1H3. The third-order valence-electron chi connectivity index (χ3n) is 3.40. The zero-order chi connectivity index (χ0) is 24.9. The Labute approximate surface area is 193 Å². The quantitative estimate of drug-likeness (QED) is 0.413. The molecule has 0 saturated heterocycles. The van der Waals surface area contributed by atoms with Crippen LogP contribution in [-0.2, 0) is 0 Å². The number of hydrogen-bond acceptors (Lipinski definition) is 2. The summed E-state index contributed by atoms with van der Waals surface area (Å²) in [5.74, 6) is 0.309. The molecule has 2 nitrogen and oxygen atoms in total. The average Bonchev–Trinajstić information content (AvgIpc) is 2.93. The number of aliphatic hydroxyl groups is 2. The lowest BCUT2D eigenvalue weighted by molar-refractivity contribution is 0.399. The fourth-order valence-electron chi connectivity index (χ4n) is 2.51. The number of aliphatic hydroxyl groups excluding tert-OH is 2. The van der Waals surface area contributed by atoms with Crippen LogP contribution in [0.1, 0.15) is 78.0 Å². The van der Waals surface area contributed by atoms with Gasteiger partial charge >= 0.3 is 0 Å². The van der Waals surface area contributed by atoms with E-state index in [0.29, 0.717) is 5.92 Å². The highest BCUT2D eigenvalue weighted by Crippen LogP contribution is 2.31. The Balaban J connectivity index is -0.000000264. The van der Waals surface area contributed by atoms with Gasteiger partial charge in [-0.25, -0.2) is 0 Å². The summed E-state index contributed by atoms with van der Waals surface area (Å²) < 4.78 is 0. The van der Waals surface area contributed by atoms with Gasteiger partial charge in [0.1, 0.15) is 0 Å². The van der Waals surface area contributed by atoms with Crippen LogP contribution in [0.4, 0.5) is 0 Å². The Hall–Kier alpha value is -2.42. The summed E-state index contributed by atoms with van der Waals surface area (Å²) in [6.45, 7) is 16.0. The maximum absolute atomic E-state index is 7.00. The molecule has 0 aromatic heterocycles. The molecule has 0 saturated carbocycles. The van der Waals surface area contributed by atoms with Gasteiger partial charge in [-0.1, -0.05) is 146 Å². The molecule has 3 aromatic carbocycles. The van der Waals surface area contributed by atoms with Gasteiger partial charge in [-0.05, 0) is 16.7 Å². The van der Waals surface area contributed by atoms with Gasteiger partial charge < -0.3 is 10.2 Å². The van der Waals surface area contributed by atoms with Crippen LogP contribution in [0, 0.1) is 0 Å². The van der Waals surface area contributed by atoms with E-state index in [1.165, 1.54) is 16.7 Å². The van der Waals surface area contributed by atoms with E-state index >= 15 is 0 Å². The summed E-state index contributed by atoms with van der Waals surface area (Å²) in [7, 11) is 2.00. The molecule has 2 N–H and O–H groups in total. The third kappa shape index (κ3) is 16.0.